The van der Waals surface area contributed by atoms with Crippen molar-refractivity contribution in [2.24, 2.45) is 0 Å². The number of hydrogen-bond donors (Lipinski definition) is 0. The molecule has 23 heavy (non-hydrogen) atoms. The molecule has 0 saturated carbocycles. The van der Waals surface area contributed by atoms with Crippen LogP contribution >= 0.6 is 11.8 Å². The third kappa shape index (κ3) is 6.03. The molecular formula is C20H21FOS. The third-order valence-corrected chi connectivity index (χ3v) is 4.55. The fourth-order valence-electron chi connectivity index (χ4n) is 2.10. The highest BCUT2D eigenvalue weighted by Gasteiger charge is 2.01. The average molecular weight is 328 g/mol. The number of carbonyl (C=O) groups is 1. The van der Waals surface area contributed by atoms with Crippen LogP contribution in [0.3, 0.4) is 0 Å². The van der Waals surface area contributed by atoms with E-state index < -0.39 is 0 Å². The van der Waals surface area contributed by atoms with Gasteiger partial charge >= 0.3 is 0 Å². The maximum atomic E-state index is 12.8. The fraction of sp³-hybridized carbons (Fsp3) is 0.250. The first-order chi connectivity index (χ1) is 11.2. The lowest BCUT2D eigenvalue weighted by Gasteiger charge is -2.02. The Hall–Kier alpha value is -1.87. The van der Waals surface area contributed by atoms with E-state index in [2.05, 4.69) is 19.1 Å². The van der Waals surface area contributed by atoms with Crippen molar-refractivity contribution in [3.63, 3.8) is 0 Å². The second kappa shape index (κ2) is 9.31. The van der Waals surface area contributed by atoms with Crippen molar-refractivity contribution in [1.82, 2.24) is 0 Å². The van der Waals surface area contributed by atoms with Crippen LogP contribution in [0.5, 0.6) is 0 Å². The Morgan fingerprint density at radius 3 is 2.39 bits per heavy atom. The maximum absolute atomic E-state index is 12.8. The number of benzene rings is 2. The standard InChI is InChI=1S/C20H21FOS/c1-2-3-4-15-23-19-12-5-16(6-13-19)7-14-20(22)17-8-10-18(21)11-9-17/h5-14H,2-4,15H2,1H3/b14-7+. The van der Waals surface area contributed by atoms with Crippen LogP contribution in [0, 0.1) is 5.82 Å². The zero-order valence-electron chi connectivity index (χ0n) is 13.3. The summed E-state index contributed by atoms with van der Waals surface area (Å²) >= 11 is 1.87. The molecule has 120 valence electrons. The predicted molar refractivity (Wildman–Crippen MR) is 96.5 cm³/mol. The molecule has 0 aliphatic carbocycles. The van der Waals surface area contributed by atoms with E-state index in [4.69, 9.17) is 0 Å². The summed E-state index contributed by atoms with van der Waals surface area (Å²) in [5, 5.41) is 0. The molecule has 2 aromatic rings. The first-order valence-corrected chi connectivity index (χ1v) is 8.88. The number of unbranched alkanes of at least 4 members (excludes halogenated alkanes) is 2. The van der Waals surface area contributed by atoms with Crippen LogP contribution in [0.4, 0.5) is 4.39 Å². The summed E-state index contributed by atoms with van der Waals surface area (Å²) in [6.45, 7) is 2.21. The number of allylic oxidation sites excluding steroid dienone is 1. The third-order valence-electron chi connectivity index (χ3n) is 3.45. The Bertz CT molecular complexity index is 644. The second-order valence-corrected chi connectivity index (χ2v) is 6.50. The molecule has 0 fully saturated rings. The number of ketones is 1. The van der Waals surface area contributed by atoms with Gasteiger partial charge in [0.25, 0.3) is 0 Å². The first kappa shape index (κ1) is 17.5. The minimum Gasteiger partial charge on any atom is -0.289 e. The molecule has 0 aliphatic rings. The van der Waals surface area contributed by atoms with Crippen molar-refractivity contribution in [3.05, 3.63) is 71.6 Å². The summed E-state index contributed by atoms with van der Waals surface area (Å²) in [5.41, 5.74) is 1.48. The second-order valence-electron chi connectivity index (χ2n) is 5.33. The summed E-state index contributed by atoms with van der Waals surface area (Å²) < 4.78 is 12.8. The largest absolute Gasteiger partial charge is 0.289 e. The molecule has 0 saturated heterocycles. The first-order valence-electron chi connectivity index (χ1n) is 7.90. The van der Waals surface area contributed by atoms with Crippen LogP contribution < -0.4 is 0 Å². The van der Waals surface area contributed by atoms with E-state index in [1.54, 1.807) is 6.08 Å². The average Bonchev–Trinajstić information content (AvgIpc) is 2.58. The molecule has 3 heteroatoms. The molecule has 0 spiro atoms. The maximum Gasteiger partial charge on any atom is 0.185 e. The summed E-state index contributed by atoms with van der Waals surface area (Å²) in [6, 6.07) is 13.8. The van der Waals surface area contributed by atoms with E-state index >= 15 is 0 Å². The predicted octanol–water partition coefficient (Wildman–Crippen LogP) is 6.00. The van der Waals surface area contributed by atoms with Gasteiger partial charge in [0.2, 0.25) is 0 Å². The van der Waals surface area contributed by atoms with E-state index in [9.17, 15) is 9.18 Å². The highest BCUT2D eigenvalue weighted by atomic mass is 32.2. The number of rotatable bonds is 8. The summed E-state index contributed by atoms with van der Waals surface area (Å²) in [4.78, 5) is 13.2. The van der Waals surface area contributed by atoms with Crippen LogP contribution in [0.25, 0.3) is 6.08 Å². The number of thioether (sulfide) groups is 1. The molecular weight excluding hydrogens is 307 g/mol. The van der Waals surface area contributed by atoms with Gasteiger partial charge in [-0.05, 0) is 60.2 Å². The molecule has 1 nitrogen and oxygen atoms in total. The van der Waals surface area contributed by atoms with Crippen molar-refractivity contribution >= 4 is 23.6 Å². The van der Waals surface area contributed by atoms with Crippen LogP contribution in [-0.2, 0) is 0 Å². The van der Waals surface area contributed by atoms with E-state index in [1.165, 1.54) is 54.5 Å². The SMILES string of the molecule is CCCCCSc1ccc(/C=C/C(=O)c2ccc(F)cc2)cc1. The molecule has 0 amide bonds. The van der Waals surface area contributed by atoms with Crippen molar-refractivity contribution in [3.8, 4) is 0 Å². The lowest BCUT2D eigenvalue weighted by Crippen LogP contribution is -1.93. The van der Waals surface area contributed by atoms with Crippen molar-refractivity contribution in [1.29, 1.82) is 0 Å². The number of halogens is 1. The van der Waals surface area contributed by atoms with Gasteiger partial charge in [-0.3, -0.25) is 4.79 Å². The topological polar surface area (TPSA) is 17.1 Å². The molecule has 0 atom stereocenters. The zero-order chi connectivity index (χ0) is 16.5. The molecule has 0 aliphatic heterocycles. The van der Waals surface area contributed by atoms with Gasteiger partial charge in [-0.15, -0.1) is 11.8 Å². The Kier molecular flexibility index (Phi) is 7.08. The van der Waals surface area contributed by atoms with Gasteiger partial charge in [-0.2, -0.15) is 0 Å². The van der Waals surface area contributed by atoms with Crippen LogP contribution in [0.15, 0.2) is 59.5 Å². The lowest BCUT2D eigenvalue weighted by molar-refractivity contribution is 0.104. The molecule has 2 aromatic carbocycles. The van der Waals surface area contributed by atoms with E-state index in [0.29, 0.717) is 5.56 Å². The van der Waals surface area contributed by atoms with Crippen molar-refractivity contribution in [2.75, 3.05) is 5.75 Å². The van der Waals surface area contributed by atoms with Gasteiger partial charge < -0.3 is 0 Å². The lowest BCUT2D eigenvalue weighted by atomic mass is 10.1. The molecule has 0 aromatic heterocycles. The Morgan fingerprint density at radius 2 is 1.74 bits per heavy atom. The number of carbonyl (C=O) groups excluding carboxylic acids is 1. The molecule has 2 rings (SSSR count). The monoisotopic (exact) mass is 328 g/mol. The van der Waals surface area contributed by atoms with Gasteiger partial charge in [-0.1, -0.05) is 38.0 Å². The van der Waals surface area contributed by atoms with Crippen molar-refractivity contribution < 1.29 is 9.18 Å². The quantitative estimate of drug-likeness (QED) is 0.256. The van der Waals surface area contributed by atoms with E-state index in [1.807, 2.05) is 23.9 Å². The molecule has 0 bridgehead atoms. The van der Waals surface area contributed by atoms with Crippen LogP contribution in [0.2, 0.25) is 0 Å². The molecule has 0 heterocycles. The Balaban J connectivity index is 1.89. The Morgan fingerprint density at radius 1 is 1.04 bits per heavy atom. The van der Waals surface area contributed by atoms with Gasteiger partial charge in [-0.25, -0.2) is 4.39 Å². The number of hydrogen-bond acceptors (Lipinski definition) is 2. The minimum atomic E-state index is -0.336. The Labute approximate surface area is 141 Å². The molecule has 0 unspecified atom stereocenters. The highest BCUT2D eigenvalue weighted by Crippen LogP contribution is 2.20. The summed E-state index contributed by atoms with van der Waals surface area (Å²) in [5.74, 6) is 0.687. The summed E-state index contributed by atoms with van der Waals surface area (Å²) in [6.07, 6.45) is 7.08. The van der Waals surface area contributed by atoms with E-state index in [-0.39, 0.29) is 11.6 Å². The summed E-state index contributed by atoms with van der Waals surface area (Å²) in [7, 11) is 0. The van der Waals surface area contributed by atoms with Crippen LogP contribution in [-0.4, -0.2) is 11.5 Å². The van der Waals surface area contributed by atoms with E-state index in [0.717, 1.165) is 11.3 Å². The minimum absolute atomic E-state index is 0.122. The zero-order valence-corrected chi connectivity index (χ0v) is 14.1. The molecule has 0 N–H and O–H groups in total. The normalized spacial score (nSPS) is 11.0. The fourth-order valence-corrected chi connectivity index (χ4v) is 3.01. The molecule has 0 radical (unpaired) electrons. The van der Waals surface area contributed by atoms with Gasteiger partial charge in [0.15, 0.2) is 5.78 Å². The van der Waals surface area contributed by atoms with Crippen molar-refractivity contribution in [2.45, 2.75) is 31.1 Å². The van der Waals surface area contributed by atoms with Gasteiger partial charge in [0, 0.05) is 10.5 Å². The smallest absolute Gasteiger partial charge is 0.185 e. The van der Waals surface area contributed by atoms with Gasteiger partial charge in [0.1, 0.15) is 5.82 Å². The highest BCUT2D eigenvalue weighted by molar-refractivity contribution is 7.99. The van der Waals surface area contributed by atoms with Gasteiger partial charge in [0.05, 0.1) is 0 Å². The van der Waals surface area contributed by atoms with Crippen LogP contribution in [0.1, 0.15) is 42.1 Å².